The fraction of sp³-hybridized carbons (Fsp3) is 0.304. The van der Waals surface area contributed by atoms with Crippen molar-refractivity contribution in [3.63, 3.8) is 0 Å². The summed E-state index contributed by atoms with van der Waals surface area (Å²) in [6.07, 6.45) is 3.42. The summed E-state index contributed by atoms with van der Waals surface area (Å²) < 4.78 is 59.2. The average molecular weight is 506 g/mol. The molecule has 9 nitrogen and oxygen atoms in total. The van der Waals surface area contributed by atoms with Gasteiger partial charge in [-0.2, -0.15) is 5.10 Å². The second-order valence-electron chi connectivity index (χ2n) is 7.57. The maximum atomic E-state index is 13.2. The number of nitrogens with zero attached hydrogens (tertiary/aromatic N) is 2. The number of hydrogen-bond donors (Lipinski definition) is 1. The Morgan fingerprint density at radius 2 is 1.59 bits per heavy atom. The smallest absolute Gasteiger partial charge is 0.289 e. The number of sulfone groups is 2. The van der Waals surface area contributed by atoms with Crippen LogP contribution in [0.3, 0.4) is 0 Å². The van der Waals surface area contributed by atoms with Gasteiger partial charge in [-0.3, -0.25) is 4.79 Å². The van der Waals surface area contributed by atoms with Crippen LogP contribution in [0.4, 0.5) is 0 Å². The van der Waals surface area contributed by atoms with Gasteiger partial charge in [-0.1, -0.05) is 19.9 Å². The zero-order chi connectivity index (χ0) is 24.9. The summed E-state index contributed by atoms with van der Waals surface area (Å²) in [6.45, 7) is 3.37. The van der Waals surface area contributed by atoms with E-state index in [1.807, 2.05) is 0 Å². The Kier molecular flexibility index (Phi) is 7.78. The maximum Gasteiger partial charge on any atom is 0.289 e. The maximum absolute atomic E-state index is 13.2. The Labute approximate surface area is 199 Å². The topological polar surface area (TPSA) is 123 Å². The molecule has 0 aliphatic carbocycles. The molecule has 0 unspecified atom stereocenters. The molecule has 2 heterocycles. The third-order valence-corrected chi connectivity index (χ3v) is 9.11. The van der Waals surface area contributed by atoms with E-state index in [4.69, 9.17) is 4.74 Å². The predicted molar refractivity (Wildman–Crippen MR) is 130 cm³/mol. The second kappa shape index (κ2) is 10.4. The van der Waals surface area contributed by atoms with Crippen LogP contribution in [0.1, 0.15) is 42.7 Å². The Bertz CT molecular complexity index is 1420. The Morgan fingerprint density at radius 3 is 2.18 bits per heavy atom. The number of aromatic nitrogens is 1. The number of methoxy groups -OCH3 is 1. The molecule has 3 rings (SSSR count). The molecule has 0 aliphatic rings. The van der Waals surface area contributed by atoms with Crippen molar-refractivity contribution in [2.45, 2.75) is 36.5 Å². The number of hydrazone groups is 1. The molecule has 0 aliphatic heterocycles. The summed E-state index contributed by atoms with van der Waals surface area (Å²) in [5.41, 5.74) is 2.86. The van der Waals surface area contributed by atoms with Crippen LogP contribution in [0.5, 0.6) is 5.75 Å². The van der Waals surface area contributed by atoms with Gasteiger partial charge in [0.25, 0.3) is 5.91 Å². The van der Waals surface area contributed by atoms with Gasteiger partial charge in [0, 0.05) is 6.20 Å². The first-order valence-corrected chi connectivity index (χ1v) is 14.0. The molecule has 3 aromatic rings. The van der Waals surface area contributed by atoms with E-state index in [1.165, 1.54) is 22.9 Å². The van der Waals surface area contributed by atoms with Crippen LogP contribution >= 0.6 is 0 Å². The lowest BCUT2D eigenvalue weighted by molar-refractivity contribution is 0.0945. The largest absolute Gasteiger partial charge is 0.497 e. The first-order valence-electron chi connectivity index (χ1n) is 10.7. The average Bonchev–Trinajstić information content (AvgIpc) is 3.17. The third kappa shape index (κ3) is 5.15. The summed E-state index contributed by atoms with van der Waals surface area (Å²) >= 11 is 0. The molecule has 1 N–H and O–H groups in total. The number of carbonyl (C=O) groups excluding carboxylic acids is 1. The van der Waals surface area contributed by atoms with Gasteiger partial charge in [-0.15, -0.1) is 0 Å². The van der Waals surface area contributed by atoms with E-state index in [-0.39, 0.29) is 34.0 Å². The molecule has 182 valence electrons. The van der Waals surface area contributed by atoms with E-state index in [9.17, 15) is 21.6 Å². The van der Waals surface area contributed by atoms with Gasteiger partial charge in [0.15, 0.2) is 19.7 Å². The van der Waals surface area contributed by atoms with Gasteiger partial charge in [0.1, 0.15) is 21.2 Å². The first-order chi connectivity index (χ1) is 16.2. The lowest BCUT2D eigenvalue weighted by Crippen LogP contribution is -2.23. The van der Waals surface area contributed by atoms with Crippen molar-refractivity contribution in [1.29, 1.82) is 0 Å². The number of nitrogens with one attached hydrogen (secondary N) is 1. The standard InChI is InChI=1S/C23H27N3O6S2/c1-4-14-33(28,29)21-19-8-6-7-13-26(19)20(22(21)34(30,31)15-5-2)23(27)25-24-16-17-9-11-18(32-3)12-10-17/h6-13,16H,4-5,14-15H2,1-3H3,(H,25,27)/b24-16-. The molecular formula is C23H27N3O6S2. The molecule has 0 radical (unpaired) electrons. The Balaban J connectivity index is 2.15. The van der Waals surface area contributed by atoms with Crippen molar-refractivity contribution in [2.75, 3.05) is 18.6 Å². The first kappa shape index (κ1) is 25.4. The van der Waals surface area contributed by atoms with Gasteiger partial charge in [0.05, 0.1) is 30.3 Å². The number of amides is 1. The highest BCUT2D eigenvalue weighted by atomic mass is 32.2. The van der Waals surface area contributed by atoms with Crippen molar-refractivity contribution in [2.24, 2.45) is 5.10 Å². The number of carbonyl (C=O) groups is 1. The minimum absolute atomic E-state index is 0.134. The van der Waals surface area contributed by atoms with Crippen molar-refractivity contribution in [3.05, 3.63) is 59.9 Å². The summed E-state index contributed by atoms with van der Waals surface area (Å²) in [5.74, 6) is -0.716. The molecule has 34 heavy (non-hydrogen) atoms. The zero-order valence-electron chi connectivity index (χ0n) is 19.2. The molecule has 2 aromatic heterocycles. The molecule has 0 bridgehead atoms. The van der Waals surface area contributed by atoms with Gasteiger partial charge in [0.2, 0.25) is 0 Å². The predicted octanol–water partition coefficient (Wildman–Crippen LogP) is 3.08. The fourth-order valence-electron chi connectivity index (χ4n) is 3.61. The van der Waals surface area contributed by atoms with E-state index < -0.39 is 30.5 Å². The van der Waals surface area contributed by atoms with Gasteiger partial charge < -0.3 is 9.14 Å². The van der Waals surface area contributed by atoms with Gasteiger partial charge in [-0.25, -0.2) is 22.3 Å². The number of pyridine rings is 1. The highest BCUT2D eigenvalue weighted by Crippen LogP contribution is 2.34. The molecule has 1 amide bonds. The normalized spacial score (nSPS) is 12.3. The Morgan fingerprint density at radius 1 is 0.971 bits per heavy atom. The van der Waals surface area contributed by atoms with Crippen LogP contribution in [0.25, 0.3) is 5.52 Å². The molecule has 0 spiro atoms. The quantitative estimate of drug-likeness (QED) is 0.334. The van der Waals surface area contributed by atoms with Crippen LogP contribution in [-0.2, 0) is 19.7 Å². The van der Waals surface area contributed by atoms with Crippen LogP contribution in [-0.4, -0.2) is 52.0 Å². The number of rotatable bonds is 10. The van der Waals surface area contributed by atoms with Crippen molar-refractivity contribution in [1.82, 2.24) is 9.83 Å². The van der Waals surface area contributed by atoms with Crippen molar-refractivity contribution >= 4 is 37.3 Å². The molecular weight excluding hydrogens is 478 g/mol. The van der Waals surface area contributed by atoms with E-state index in [0.29, 0.717) is 17.7 Å². The van der Waals surface area contributed by atoms with E-state index >= 15 is 0 Å². The minimum atomic E-state index is -4.09. The van der Waals surface area contributed by atoms with E-state index in [0.717, 1.165) is 0 Å². The van der Waals surface area contributed by atoms with Crippen LogP contribution in [0, 0.1) is 0 Å². The summed E-state index contributed by atoms with van der Waals surface area (Å²) in [6, 6.07) is 11.6. The minimum Gasteiger partial charge on any atom is -0.497 e. The molecule has 11 heteroatoms. The fourth-order valence-corrected chi connectivity index (χ4v) is 7.59. The third-order valence-electron chi connectivity index (χ3n) is 5.03. The van der Waals surface area contributed by atoms with Gasteiger partial charge >= 0.3 is 0 Å². The number of hydrogen-bond acceptors (Lipinski definition) is 7. The van der Waals surface area contributed by atoms with E-state index in [1.54, 1.807) is 57.4 Å². The Hall–Kier alpha value is -3.18. The zero-order valence-corrected chi connectivity index (χ0v) is 20.8. The summed E-state index contributed by atoms with van der Waals surface area (Å²) in [5, 5.41) is 3.93. The monoisotopic (exact) mass is 505 g/mol. The molecule has 1 aromatic carbocycles. The van der Waals surface area contributed by atoms with Gasteiger partial charge in [-0.05, 0) is 54.8 Å². The lowest BCUT2D eigenvalue weighted by Gasteiger charge is -2.08. The summed E-state index contributed by atoms with van der Waals surface area (Å²) in [4.78, 5) is 12.4. The summed E-state index contributed by atoms with van der Waals surface area (Å²) in [7, 11) is -6.53. The highest BCUT2D eigenvalue weighted by Gasteiger charge is 2.36. The lowest BCUT2D eigenvalue weighted by atomic mass is 10.2. The molecule has 0 fully saturated rings. The van der Waals surface area contributed by atoms with Crippen LogP contribution in [0.2, 0.25) is 0 Å². The molecule has 0 saturated heterocycles. The second-order valence-corrected chi connectivity index (χ2v) is 11.7. The molecule has 0 atom stereocenters. The van der Waals surface area contributed by atoms with Crippen LogP contribution in [0.15, 0.2) is 63.6 Å². The van der Waals surface area contributed by atoms with Crippen LogP contribution < -0.4 is 10.2 Å². The number of ether oxygens (including phenoxy) is 1. The highest BCUT2D eigenvalue weighted by molar-refractivity contribution is 7.94. The van der Waals surface area contributed by atoms with E-state index in [2.05, 4.69) is 10.5 Å². The number of benzene rings is 1. The SMILES string of the molecule is CCCS(=O)(=O)c1c(S(=O)(=O)CCC)c2ccccn2c1C(=O)N/N=C\c1ccc(OC)cc1. The number of fused-ring (bicyclic) bond motifs is 1. The molecule has 0 saturated carbocycles. The van der Waals surface area contributed by atoms with Crippen molar-refractivity contribution in [3.8, 4) is 5.75 Å². The van der Waals surface area contributed by atoms with Crippen molar-refractivity contribution < 1.29 is 26.4 Å².